The fourth-order valence-corrected chi connectivity index (χ4v) is 0.218. The molecule has 0 aliphatic heterocycles. The van der Waals surface area contributed by atoms with E-state index in [0.717, 1.165) is 6.08 Å². The van der Waals surface area contributed by atoms with E-state index in [4.69, 9.17) is 0 Å². The second kappa shape index (κ2) is 2.74. The smallest absolute Gasteiger partial charge is 0.171 e. The van der Waals surface area contributed by atoms with Crippen LogP contribution in [-0.2, 0) is 0 Å². The van der Waals surface area contributed by atoms with Crippen molar-refractivity contribution in [2.24, 2.45) is 0 Å². The van der Waals surface area contributed by atoms with Gasteiger partial charge in [0.15, 0.2) is 0 Å². The molecule has 3 heteroatoms. The Morgan fingerprint density at radius 3 is 2.12 bits per heavy atom. The van der Waals surface area contributed by atoms with Crippen LogP contribution in [-0.4, -0.2) is 6.18 Å². The van der Waals surface area contributed by atoms with E-state index in [-0.39, 0.29) is 0 Å². The Balaban J connectivity index is 3.39. The molecule has 0 aromatic rings. The summed E-state index contributed by atoms with van der Waals surface area (Å²) < 4.78 is 33.5. The van der Waals surface area contributed by atoms with Crippen molar-refractivity contribution < 1.29 is 13.2 Å². The first-order valence-electron chi connectivity index (χ1n) is 2.12. The van der Waals surface area contributed by atoms with Crippen LogP contribution in [0.25, 0.3) is 0 Å². The van der Waals surface area contributed by atoms with E-state index in [1.165, 1.54) is 6.92 Å². The number of halogens is 3. The Kier molecular flexibility index (Phi) is 2.58. The summed E-state index contributed by atoms with van der Waals surface area (Å²) in [6, 6.07) is 0. The van der Waals surface area contributed by atoms with Gasteiger partial charge in [0.25, 0.3) is 0 Å². The molecule has 0 unspecified atom stereocenters. The summed E-state index contributed by atoms with van der Waals surface area (Å²) >= 11 is 0. The molecule has 0 aromatic heterocycles. The van der Waals surface area contributed by atoms with E-state index in [9.17, 15) is 13.2 Å². The second-order valence-electron chi connectivity index (χ2n) is 1.31. The van der Waals surface area contributed by atoms with E-state index in [1.807, 2.05) is 0 Å². The van der Waals surface area contributed by atoms with Crippen molar-refractivity contribution in [1.29, 1.82) is 0 Å². The number of hydrogen-bond donors (Lipinski definition) is 0. The lowest BCUT2D eigenvalue weighted by atomic mass is 10.4. The summed E-state index contributed by atoms with van der Waals surface area (Å²) in [6.07, 6.45) is -1.70. The van der Waals surface area contributed by atoms with Gasteiger partial charge in [-0.25, -0.2) is 0 Å². The maximum Gasteiger partial charge on any atom is 0.392 e. The molecule has 8 heavy (non-hydrogen) atoms. The molecule has 0 aromatic carbocycles. The fourth-order valence-electron chi connectivity index (χ4n) is 0.218. The predicted octanol–water partition coefficient (Wildman–Crippen LogP) is 2.32. The monoisotopic (exact) mass is 123 g/mol. The first-order chi connectivity index (χ1) is 3.56. The Morgan fingerprint density at radius 2 is 2.00 bits per heavy atom. The van der Waals surface area contributed by atoms with E-state index in [1.54, 1.807) is 0 Å². The normalized spacial score (nSPS) is 13.0. The van der Waals surface area contributed by atoms with Gasteiger partial charge in [-0.1, -0.05) is 12.2 Å². The van der Waals surface area contributed by atoms with Crippen molar-refractivity contribution in [3.63, 3.8) is 0 Å². The average molecular weight is 123 g/mol. The van der Waals surface area contributed by atoms with Gasteiger partial charge in [0.05, 0.1) is 6.42 Å². The largest absolute Gasteiger partial charge is 0.392 e. The van der Waals surface area contributed by atoms with Crippen molar-refractivity contribution in [2.45, 2.75) is 19.5 Å². The van der Waals surface area contributed by atoms with Gasteiger partial charge in [-0.2, -0.15) is 13.2 Å². The van der Waals surface area contributed by atoms with E-state index in [2.05, 4.69) is 6.08 Å². The molecule has 0 amide bonds. The Morgan fingerprint density at radius 1 is 1.50 bits per heavy atom. The van der Waals surface area contributed by atoms with E-state index >= 15 is 0 Å². The highest BCUT2D eigenvalue weighted by molar-refractivity contribution is 4.73. The maximum atomic E-state index is 11.2. The third-order valence-corrected chi connectivity index (χ3v) is 0.538. The van der Waals surface area contributed by atoms with Crippen molar-refractivity contribution in [3.05, 3.63) is 12.2 Å². The molecule has 0 nitrogen and oxygen atoms in total. The van der Waals surface area contributed by atoms with Gasteiger partial charge in [-0.05, 0) is 6.92 Å². The quantitative estimate of drug-likeness (QED) is 0.502. The molecule has 0 atom stereocenters. The molecule has 0 heterocycles. The highest BCUT2D eigenvalue weighted by atomic mass is 19.4. The molecule has 0 N–H and O–H groups in total. The van der Waals surface area contributed by atoms with Crippen LogP contribution >= 0.6 is 0 Å². The zero-order chi connectivity index (χ0) is 6.62. The Bertz CT molecular complexity index is 80.2. The number of alkyl halides is 3. The molecule has 0 saturated carbocycles. The first-order valence-corrected chi connectivity index (χ1v) is 2.12. The van der Waals surface area contributed by atoms with Gasteiger partial charge in [-0.3, -0.25) is 0 Å². The Hall–Kier alpha value is -0.470. The molecule has 0 bridgehead atoms. The third-order valence-electron chi connectivity index (χ3n) is 0.538. The summed E-state index contributed by atoms with van der Waals surface area (Å²) in [5.74, 6) is 0. The molecule has 0 aliphatic carbocycles. The average Bonchev–Trinajstić information content (AvgIpc) is 1.59. The highest BCUT2D eigenvalue weighted by Gasteiger charge is 2.24. The second-order valence-corrected chi connectivity index (χ2v) is 1.31. The lowest BCUT2D eigenvalue weighted by molar-refractivity contribution is -0.125. The molecular formula is C5H6F3. The predicted molar refractivity (Wildman–Crippen MR) is 24.2 cm³/mol. The van der Waals surface area contributed by atoms with E-state index in [0.29, 0.717) is 0 Å². The van der Waals surface area contributed by atoms with Crippen LogP contribution < -0.4 is 0 Å². The van der Waals surface area contributed by atoms with Crippen LogP contribution in [0.15, 0.2) is 6.08 Å². The number of allylic oxidation sites excluding steroid dienone is 2. The summed E-state index contributed by atoms with van der Waals surface area (Å²) in [5, 5.41) is 0. The first kappa shape index (κ1) is 7.53. The van der Waals surface area contributed by atoms with Crippen LogP contribution in [0.5, 0.6) is 0 Å². The molecule has 47 valence electrons. The minimum Gasteiger partial charge on any atom is -0.171 e. The summed E-state index contributed by atoms with van der Waals surface area (Å²) in [6.45, 7) is 1.44. The van der Waals surface area contributed by atoms with Gasteiger partial charge in [-0.15, -0.1) is 0 Å². The maximum absolute atomic E-state index is 11.2. The number of rotatable bonds is 1. The molecule has 0 saturated heterocycles. The van der Waals surface area contributed by atoms with Crippen molar-refractivity contribution in [1.82, 2.24) is 0 Å². The zero-order valence-electron chi connectivity index (χ0n) is 4.42. The third kappa shape index (κ3) is 5.53. The molecular weight excluding hydrogens is 117 g/mol. The van der Waals surface area contributed by atoms with Crippen LogP contribution in [0, 0.1) is 6.08 Å². The van der Waals surface area contributed by atoms with Gasteiger partial charge < -0.3 is 0 Å². The van der Waals surface area contributed by atoms with Gasteiger partial charge >= 0.3 is 6.18 Å². The minimum absolute atomic E-state index is 0.872. The summed E-state index contributed by atoms with van der Waals surface area (Å²) in [7, 11) is 0. The van der Waals surface area contributed by atoms with Crippen LogP contribution in [0.1, 0.15) is 13.3 Å². The molecule has 0 spiro atoms. The fraction of sp³-hybridized carbons (Fsp3) is 0.600. The zero-order valence-corrected chi connectivity index (χ0v) is 4.42. The van der Waals surface area contributed by atoms with Crippen molar-refractivity contribution >= 4 is 0 Å². The van der Waals surface area contributed by atoms with Crippen molar-refractivity contribution in [2.75, 3.05) is 0 Å². The van der Waals surface area contributed by atoms with Crippen molar-refractivity contribution in [3.8, 4) is 0 Å². The molecule has 0 fully saturated rings. The molecule has 0 rings (SSSR count). The van der Waals surface area contributed by atoms with Crippen LogP contribution in [0.3, 0.4) is 0 Å². The highest BCUT2D eigenvalue weighted by Crippen LogP contribution is 2.19. The summed E-state index contributed by atoms with van der Waals surface area (Å²) in [4.78, 5) is 0. The molecule has 1 radical (unpaired) electrons. The Labute approximate surface area is 46.0 Å². The van der Waals surface area contributed by atoms with Crippen LogP contribution in [0.4, 0.5) is 13.2 Å². The topological polar surface area (TPSA) is 0 Å². The minimum atomic E-state index is -4.07. The van der Waals surface area contributed by atoms with Gasteiger partial charge in [0.2, 0.25) is 0 Å². The van der Waals surface area contributed by atoms with Gasteiger partial charge in [0, 0.05) is 0 Å². The lowest BCUT2D eigenvalue weighted by Gasteiger charge is -1.98. The van der Waals surface area contributed by atoms with Gasteiger partial charge in [0.1, 0.15) is 0 Å². The standard InChI is InChI=1S/C5H6F3/c1-2-3-4-5(6,7)8/h3H,4H2,1H3. The SMILES string of the molecule is C/[C]=C/CC(F)(F)F. The molecule has 0 aliphatic rings. The summed E-state index contributed by atoms with van der Waals surface area (Å²) in [5.41, 5.74) is 0. The van der Waals surface area contributed by atoms with E-state index < -0.39 is 12.6 Å². The number of hydrogen-bond acceptors (Lipinski definition) is 0. The van der Waals surface area contributed by atoms with Crippen LogP contribution in [0.2, 0.25) is 0 Å². The lowest BCUT2D eigenvalue weighted by Crippen LogP contribution is -2.03.